The number of nitrogens with zero attached hydrogens (tertiary/aromatic N) is 3. The lowest BCUT2D eigenvalue weighted by Gasteiger charge is -2.16. The zero-order chi connectivity index (χ0) is 16.2. The molecule has 8 heteroatoms. The zero-order valence-corrected chi connectivity index (χ0v) is 12.7. The van der Waals surface area contributed by atoms with Gasteiger partial charge in [-0.3, -0.25) is 15.1 Å². The number of benzene rings is 1. The fourth-order valence-electron chi connectivity index (χ4n) is 1.85. The van der Waals surface area contributed by atoms with Gasteiger partial charge >= 0.3 is 0 Å². The third kappa shape index (κ3) is 4.09. The summed E-state index contributed by atoms with van der Waals surface area (Å²) in [6.07, 6.45) is 1.60. The van der Waals surface area contributed by atoms with Crippen molar-refractivity contribution in [3.8, 4) is 0 Å². The van der Waals surface area contributed by atoms with Crippen LogP contribution in [0.1, 0.15) is 11.3 Å². The van der Waals surface area contributed by atoms with E-state index in [0.29, 0.717) is 11.3 Å². The van der Waals surface area contributed by atoms with Gasteiger partial charge in [-0.2, -0.15) is 4.31 Å². The highest BCUT2D eigenvalue weighted by Gasteiger charge is 2.19. The fourth-order valence-corrected chi connectivity index (χ4v) is 3.02. The molecule has 0 aliphatic heterocycles. The summed E-state index contributed by atoms with van der Waals surface area (Å²) in [7, 11) is -2.04. The number of rotatable bonds is 6. The van der Waals surface area contributed by atoms with Crippen molar-refractivity contribution in [3.63, 3.8) is 0 Å². The van der Waals surface area contributed by atoms with E-state index in [1.165, 1.54) is 35.6 Å². The highest BCUT2D eigenvalue weighted by molar-refractivity contribution is 7.88. The molecule has 0 aliphatic carbocycles. The third-order valence-electron chi connectivity index (χ3n) is 3.08. The second-order valence-electron chi connectivity index (χ2n) is 4.76. The number of hydrogen-bond acceptors (Lipinski definition) is 5. The SMILES string of the molecule is CN(Cc1ccccn1)S(=O)(=O)Cc1ccc([N+](=O)[O-])cc1. The average Bonchev–Trinajstić information content (AvgIpc) is 2.48. The molecule has 116 valence electrons. The minimum atomic E-state index is -3.52. The Bertz CT molecular complexity index is 745. The molecule has 0 saturated heterocycles. The Morgan fingerprint density at radius 3 is 2.41 bits per heavy atom. The number of pyridine rings is 1. The van der Waals surface area contributed by atoms with Gasteiger partial charge in [0, 0.05) is 25.4 Å². The summed E-state index contributed by atoms with van der Waals surface area (Å²) in [6, 6.07) is 10.8. The molecular weight excluding hydrogens is 306 g/mol. The Hall–Kier alpha value is -2.32. The first-order valence-corrected chi connectivity index (χ1v) is 8.06. The maximum absolute atomic E-state index is 12.3. The summed E-state index contributed by atoms with van der Waals surface area (Å²) >= 11 is 0. The monoisotopic (exact) mass is 321 g/mol. The predicted molar refractivity (Wildman–Crippen MR) is 81.4 cm³/mol. The number of non-ortho nitro benzene ring substituents is 1. The Morgan fingerprint density at radius 1 is 1.18 bits per heavy atom. The quantitative estimate of drug-likeness (QED) is 0.599. The van der Waals surface area contributed by atoms with Crippen LogP contribution in [0.15, 0.2) is 48.7 Å². The molecule has 0 bridgehead atoms. The molecular formula is C14H15N3O4S. The minimum Gasteiger partial charge on any atom is -0.260 e. The fraction of sp³-hybridized carbons (Fsp3) is 0.214. The molecule has 22 heavy (non-hydrogen) atoms. The van der Waals surface area contributed by atoms with Gasteiger partial charge in [0.25, 0.3) is 5.69 Å². The lowest BCUT2D eigenvalue weighted by atomic mass is 10.2. The van der Waals surface area contributed by atoms with E-state index >= 15 is 0 Å². The molecule has 2 aromatic rings. The first-order chi connectivity index (χ1) is 10.4. The maximum Gasteiger partial charge on any atom is 0.269 e. The van der Waals surface area contributed by atoms with Gasteiger partial charge in [0.05, 0.1) is 22.9 Å². The van der Waals surface area contributed by atoms with Gasteiger partial charge in [-0.15, -0.1) is 0 Å². The highest BCUT2D eigenvalue weighted by Crippen LogP contribution is 2.16. The van der Waals surface area contributed by atoms with Crippen molar-refractivity contribution < 1.29 is 13.3 Å². The molecule has 0 unspecified atom stereocenters. The van der Waals surface area contributed by atoms with Crippen LogP contribution in [0.5, 0.6) is 0 Å². The Balaban J connectivity index is 2.08. The van der Waals surface area contributed by atoms with E-state index in [4.69, 9.17) is 0 Å². The second kappa shape index (κ2) is 6.63. The van der Waals surface area contributed by atoms with Crippen molar-refractivity contribution in [1.29, 1.82) is 0 Å². The molecule has 0 aliphatic rings. The van der Waals surface area contributed by atoms with Crippen LogP contribution < -0.4 is 0 Å². The molecule has 0 spiro atoms. The summed E-state index contributed by atoms with van der Waals surface area (Å²) in [5, 5.41) is 10.6. The van der Waals surface area contributed by atoms with Gasteiger partial charge in [-0.05, 0) is 17.7 Å². The van der Waals surface area contributed by atoms with E-state index in [0.717, 1.165) is 0 Å². The van der Waals surface area contributed by atoms with Gasteiger partial charge in [0.15, 0.2) is 0 Å². The summed E-state index contributed by atoms with van der Waals surface area (Å²) < 4.78 is 25.8. The molecule has 0 N–H and O–H groups in total. The number of nitro benzene ring substituents is 1. The molecule has 0 fully saturated rings. The average molecular weight is 321 g/mol. The standard InChI is InChI=1S/C14H15N3O4S/c1-16(10-13-4-2-3-9-15-13)22(20,21)11-12-5-7-14(8-6-12)17(18)19/h2-9H,10-11H2,1H3. The minimum absolute atomic E-state index is 0.0667. The number of nitro groups is 1. The van der Waals surface area contributed by atoms with Crippen LogP contribution in [0.3, 0.4) is 0 Å². The summed E-state index contributed by atoms with van der Waals surface area (Å²) in [5.41, 5.74) is 1.08. The molecule has 2 rings (SSSR count). The molecule has 0 saturated carbocycles. The van der Waals surface area contributed by atoms with Gasteiger partial charge < -0.3 is 0 Å². The third-order valence-corrected chi connectivity index (χ3v) is 4.86. The Morgan fingerprint density at radius 2 is 1.86 bits per heavy atom. The number of sulfonamides is 1. The molecule has 0 atom stereocenters. The van der Waals surface area contributed by atoms with Gasteiger partial charge in [0.2, 0.25) is 10.0 Å². The van der Waals surface area contributed by atoms with Crippen molar-refractivity contribution in [2.75, 3.05) is 7.05 Å². The summed E-state index contributed by atoms with van der Waals surface area (Å²) in [5.74, 6) is -0.214. The van der Waals surface area contributed by atoms with Crippen LogP contribution in [0.25, 0.3) is 0 Å². The molecule has 1 aromatic heterocycles. The topological polar surface area (TPSA) is 93.4 Å². The normalized spacial score (nSPS) is 11.5. The first kappa shape index (κ1) is 16.1. The van der Waals surface area contributed by atoms with E-state index < -0.39 is 14.9 Å². The zero-order valence-electron chi connectivity index (χ0n) is 11.9. The lowest BCUT2D eigenvalue weighted by molar-refractivity contribution is -0.384. The number of hydrogen-bond donors (Lipinski definition) is 0. The van der Waals surface area contributed by atoms with Crippen molar-refractivity contribution in [3.05, 3.63) is 70.0 Å². The van der Waals surface area contributed by atoms with Crippen LogP contribution >= 0.6 is 0 Å². The summed E-state index contributed by atoms with van der Waals surface area (Å²) in [4.78, 5) is 14.1. The van der Waals surface area contributed by atoms with E-state index in [1.54, 1.807) is 24.4 Å². The number of aromatic nitrogens is 1. The second-order valence-corrected chi connectivity index (χ2v) is 6.83. The van der Waals surface area contributed by atoms with Crippen molar-refractivity contribution in [1.82, 2.24) is 9.29 Å². The van der Waals surface area contributed by atoms with Crippen LogP contribution in [0.4, 0.5) is 5.69 Å². The highest BCUT2D eigenvalue weighted by atomic mass is 32.2. The smallest absolute Gasteiger partial charge is 0.260 e. The van der Waals surface area contributed by atoms with Crippen LogP contribution in [-0.2, 0) is 22.3 Å². The van der Waals surface area contributed by atoms with Gasteiger partial charge in [-0.1, -0.05) is 18.2 Å². The first-order valence-electron chi connectivity index (χ1n) is 6.46. The van der Waals surface area contributed by atoms with Gasteiger partial charge in [-0.25, -0.2) is 8.42 Å². The van der Waals surface area contributed by atoms with Crippen LogP contribution in [0, 0.1) is 10.1 Å². The van der Waals surface area contributed by atoms with E-state index in [2.05, 4.69) is 4.98 Å². The molecule has 1 heterocycles. The van der Waals surface area contributed by atoms with Crippen LogP contribution in [0.2, 0.25) is 0 Å². The van der Waals surface area contributed by atoms with E-state index in [-0.39, 0.29) is 18.0 Å². The van der Waals surface area contributed by atoms with Crippen molar-refractivity contribution in [2.45, 2.75) is 12.3 Å². The largest absolute Gasteiger partial charge is 0.269 e. The maximum atomic E-state index is 12.3. The lowest BCUT2D eigenvalue weighted by Crippen LogP contribution is -2.28. The predicted octanol–water partition coefficient (Wildman–Crippen LogP) is 1.95. The van der Waals surface area contributed by atoms with E-state index in [1.807, 2.05) is 0 Å². The van der Waals surface area contributed by atoms with Crippen LogP contribution in [-0.4, -0.2) is 29.7 Å². The Labute approximate surface area is 128 Å². The van der Waals surface area contributed by atoms with Crippen molar-refractivity contribution in [2.24, 2.45) is 0 Å². The molecule has 1 aromatic carbocycles. The summed E-state index contributed by atoms with van der Waals surface area (Å²) in [6.45, 7) is 0.177. The molecule has 0 amide bonds. The van der Waals surface area contributed by atoms with Crippen molar-refractivity contribution >= 4 is 15.7 Å². The molecule has 7 nitrogen and oxygen atoms in total. The molecule has 0 radical (unpaired) electrons. The van der Waals surface area contributed by atoms with Gasteiger partial charge in [0.1, 0.15) is 0 Å². The Kier molecular flexibility index (Phi) is 4.84. The van der Waals surface area contributed by atoms with E-state index in [9.17, 15) is 18.5 Å².